The molecule has 0 fully saturated rings. The molecule has 0 bridgehead atoms. The molecule has 0 N–H and O–H groups in total. The van der Waals surface area contributed by atoms with Crippen LogP contribution in [0.1, 0.15) is 17.2 Å². The molecule has 0 amide bonds. The van der Waals surface area contributed by atoms with Crippen molar-refractivity contribution in [3.8, 4) is 0 Å². The third-order valence-corrected chi connectivity index (χ3v) is 3.25. The highest BCUT2D eigenvalue weighted by Gasteiger charge is 2.14. The maximum absolute atomic E-state index is 5.57. The van der Waals surface area contributed by atoms with Crippen LogP contribution in [0.4, 0.5) is 0 Å². The fraction of sp³-hybridized carbons (Fsp3) is 0.143. The number of hydrogen-bond acceptors (Lipinski definition) is 1. The van der Waals surface area contributed by atoms with Crippen LogP contribution in [-0.4, -0.2) is 7.11 Å². The third-order valence-electron chi connectivity index (χ3n) is 2.53. The first kappa shape index (κ1) is 11.4. The second-order valence-corrected chi connectivity index (χ2v) is 4.40. The molecule has 0 radical (unpaired) electrons. The van der Waals surface area contributed by atoms with Crippen molar-refractivity contribution >= 4 is 15.9 Å². The number of rotatable bonds is 3. The Labute approximate surface area is 104 Å². The highest BCUT2D eigenvalue weighted by Crippen LogP contribution is 2.30. The summed E-state index contributed by atoms with van der Waals surface area (Å²) < 4.78 is 6.65. The van der Waals surface area contributed by atoms with E-state index in [1.54, 1.807) is 7.11 Å². The van der Waals surface area contributed by atoms with Crippen molar-refractivity contribution < 1.29 is 4.74 Å². The number of halogens is 1. The van der Waals surface area contributed by atoms with Gasteiger partial charge in [-0.2, -0.15) is 0 Å². The second-order valence-electron chi connectivity index (χ2n) is 3.55. The van der Waals surface area contributed by atoms with Crippen LogP contribution in [0.3, 0.4) is 0 Å². The van der Waals surface area contributed by atoms with E-state index >= 15 is 0 Å². The highest BCUT2D eigenvalue weighted by atomic mass is 79.9. The Morgan fingerprint density at radius 1 is 0.938 bits per heavy atom. The highest BCUT2D eigenvalue weighted by molar-refractivity contribution is 9.10. The molecule has 16 heavy (non-hydrogen) atoms. The van der Waals surface area contributed by atoms with Gasteiger partial charge >= 0.3 is 0 Å². The van der Waals surface area contributed by atoms with E-state index < -0.39 is 0 Å². The van der Waals surface area contributed by atoms with Gasteiger partial charge in [0.25, 0.3) is 0 Å². The van der Waals surface area contributed by atoms with Crippen LogP contribution in [0, 0.1) is 0 Å². The third kappa shape index (κ3) is 2.34. The maximum Gasteiger partial charge on any atom is 0.108 e. The summed E-state index contributed by atoms with van der Waals surface area (Å²) in [6, 6.07) is 18.4. The lowest BCUT2D eigenvalue weighted by molar-refractivity contribution is 0.136. The second kappa shape index (κ2) is 5.28. The first-order valence-electron chi connectivity index (χ1n) is 5.15. The Morgan fingerprint density at radius 2 is 1.56 bits per heavy atom. The van der Waals surface area contributed by atoms with Gasteiger partial charge in [-0.15, -0.1) is 0 Å². The van der Waals surface area contributed by atoms with E-state index in [9.17, 15) is 0 Å². The molecule has 0 saturated carbocycles. The van der Waals surface area contributed by atoms with Gasteiger partial charge in [0.05, 0.1) is 0 Å². The topological polar surface area (TPSA) is 9.23 Å². The van der Waals surface area contributed by atoms with Crippen LogP contribution in [0.25, 0.3) is 0 Å². The minimum absolute atomic E-state index is 0.0169. The summed E-state index contributed by atoms with van der Waals surface area (Å²) in [5.41, 5.74) is 2.31. The van der Waals surface area contributed by atoms with E-state index in [0.29, 0.717) is 0 Å². The lowest BCUT2D eigenvalue weighted by Gasteiger charge is -2.17. The van der Waals surface area contributed by atoms with Crippen molar-refractivity contribution in [2.75, 3.05) is 7.11 Å². The Morgan fingerprint density at radius 3 is 2.19 bits per heavy atom. The predicted octanol–water partition coefficient (Wildman–Crippen LogP) is 4.18. The zero-order valence-corrected chi connectivity index (χ0v) is 10.6. The van der Waals surface area contributed by atoms with Crippen LogP contribution in [0.15, 0.2) is 59.1 Å². The van der Waals surface area contributed by atoms with E-state index in [1.165, 1.54) is 0 Å². The molecule has 1 unspecified atom stereocenters. The maximum atomic E-state index is 5.57. The van der Waals surface area contributed by atoms with Crippen molar-refractivity contribution in [3.05, 3.63) is 70.2 Å². The summed E-state index contributed by atoms with van der Waals surface area (Å²) in [6.45, 7) is 0. The van der Waals surface area contributed by atoms with Crippen molar-refractivity contribution in [1.29, 1.82) is 0 Å². The standard InChI is InChI=1S/C14H13BrO/c1-16-14(11-7-3-2-4-8-11)12-9-5-6-10-13(12)15/h2-10,14H,1H3. The number of methoxy groups -OCH3 is 1. The van der Waals surface area contributed by atoms with Crippen LogP contribution >= 0.6 is 15.9 Å². The fourth-order valence-corrected chi connectivity index (χ4v) is 2.25. The normalized spacial score (nSPS) is 12.4. The van der Waals surface area contributed by atoms with Crippen molar-refractivity contribution in [3.63, 3.8) is 0 Å². The molecule has 0 saturated heterocycles. The molecule has 2 rings (SSSR count). The van der Waals surface area contributed by atoms with Gasteiger partial charge in [0, 0.05) is 11.6 Å². The largest absolute Gasteiger partial charge is 0.372 e. The quantitative estimate of drug-likeness (QED) is 0.817. The van der Waals surface area contributed by atoms with Gasteiger partial charge in [-0.3, -0.25) is 0 Å². The van der Waals surface area contributed by atoms with Crippen LogP contribution in [-0.2, 0) is 4.74 Å². The first-order chi connectivity index (χ1) is 7.83. The molecule has 2 aromatic rings. The van der Waals surface area contributed by atoms with Gasteiger partial charge in [0.1, 0.15) is 6.10 Å². The van der Waals surface area contributed by atoms with Crippen LogP contribution in [0.5, 0.6) is 0 Å². The minimum atomic E-state index is -0.0169. The molecule has 0 aliphatic heterocycles. The number of ether oxygens (including phenoxy) is 1. The van der Waals surface area contributed by atoms with Crippen molar-refractivity contribution in [2.45, 2.75) is 6.10 Å². The monoisotopic (exact) mass is 276 g/mol. The molecule has 0 heterocycles. The Hall–Kier alpha value is -1.12. The molecule has 82 valence electrons. The SMILES string of the molecule is COC(c1ccccc1)c1ccccc1Br. The van der Waals surface area contributed by atoms with Gasteiger partial charge in [-0.1, -0.05) is 64.5 Å². The average molecular weight is 277 g/mol. The van der Waals surface area contributed by atoms with E-state index in [1.807, 2.05) is 36.4 Å². The fourth-order valence-electron chi connectivity index (χ4n) is 1.76. The zero-order valence-electron chi connectivity index (χ0n) is 9.06. The van der Waals surface area contributed by atoms with Crippen LogP contribution in [0.2, 0.25) is 0 Å². The Kier molecular flexibility index (Phi) is 3.75. The summed E-state index contributed by atoms with van der Waals surface area (Å²) >= 11 is 3.55. The molecule has 1 atom stereocenters. The average Bonchev–Trinajstić information content (AvgIpc) is 2.34. The summed E-state index contributed by atoms with van der Waals surface area (Å²) in [5, 5.41) is 0. The molecule has 2 heteroatoms. The molecular weight excluding hydrogens is 264 g/mol. The number of benzene rings is 2. The molecule has 0 spiro atoms. The molecule has 1 nitrogen and oxygen atoms in total. The lowest BCUT2D eigenvalue weighted by Crippen LogP contribution is -2.03. The molecule has 0 aliphatic carbocycles. The molecular formula is C14H13BrO. The van der Waals surface area contributed by atoms with Crippen molar-refractivity contribution in [1.82, 2.24) is 0 Å². The minimum Gasteiger partial charge on any atom is -0.372 e. The van der Waals surface area contributed by atoms with Gasteiger partial charge < -0.3 is 4.74 Å². The van der Waals surface area contributed by atoms with Crippen molar-refractivity contribution in [2.24, 2.45) is 0 Å². The first-order valence-corrected chi connectivity index (χ1v) is 5.94. The van der Waals surface area contributed by atoms with E-state index in [2.05, 4.69) is 34.1 Å². The molecule has 0 aliphatic rings. The van der Waals surface area contributed by atoms with Gasteiger partial charge in [0.2, 0.25) is 0 Å². The Balaban J connectivity index is 2.41. The summed E-state index contributed by atoms with van der Waals surface area (Å²) in [4.78, 5) is 0. The molecule has 2 aromatic carbocycles. The van der Waals surface area contributed by atoms with E-state index in [4.69, 9.17) is 4.74 Å². The van der Waals surface area contributed by atoms with Crippen LogP contribution < -0.4 is 0 Å². The zero-order chi connectivity index (χ0) is 11.4. The van der Waals surface area contributed by atoms with E-state index in [0.717, 1.165) is 15.6 Å². The predicted molar refractivity (Wildman–Crippen MR) is 69.4 cm³/mol. The Bertz CT molecular complexity index is 453. The van der Waals surface area contributed by atoms with Gasteiger partial charge in [0.15, 0.2) is 0 Å². The summed E-state index contributed by atoms with van der Waals surface area (Å²) in [5.74, 6) is 0. The summed E-state index contributed by atoms with van der Waals surface area (Å²) in [6.07, 6.45) is -0.0169. The lowest BCUT2D eigenvalue weighted by atomic mass is 10.0. The number of hydrogen-bond donors (Lipinski definition) is 0. The van der Waals surface area contributed by atoms with Gasteiger partial charge in [-0.25, -0.2) is 0 Å². The molecule has 0 aromatic heterocycles. The van der Waals surface area contributed by atoms with E-state index in [-0.39, 0.29) is 6.10 Å². The smallest absolute Gasteiger partial charge is 0.108 e. The van der Waals surface area contributed by atoms with Gasteiger partial charge in [-0.05, 0) is 17.2 Å². The summed E-state index contributed by atoms with van der Waals surface area (Å²) in [7, 11) is 1.73.